The number of nitrogens with zero attached hydrogens (tertiary/aromatic N) is 2. The summed E-state index contributed by atoms with van der Waals surface area (Å²) in [4.78, 5) is 16.8. The molecule has 1 rings (SSSR count). The zero-order valence-corrected chi connectivity index (χ0v) is 13.1. The largest absolute Gasteiger partial charge is 0.383 e. The van der Waals surface area contributed by atoms with Crippen molar-refractivity contribution in [2.75, 3.05) is 46.4 Å². The smallest absolute Gasteiger partial charge is 0.237 e. The number of nitrogens with one attached hydrogen (secondary N) is 1. The highest BCUT2D eigenvalue weighted by Gasteiger charge is 2.30. The van der Waals surface area contributed by atoms with Crippen molar-refractivity contribution in [1.29, 1.82) is 0 Å². The summed E-state index contributed by atoms with van der Waals surface area (Å²) in [7, 11) is 1.74. The van der Waals surface area contributed by atoms with Gasteiger partial charge in [-0.05, 0) is 13.3 Å². The van der Waals surface area contributed by atoms with Gasteiger partial charge in [0.25, 0.3) is 0 Å². The third-order valence-corrected chi connectivity index (χ3v) is 4.04. The lowest BCUT2D eigenvalue weighted by Crippen LogP contribution is -2.58. The molecule has 0 aromatic rings. The highest BCUT2D eigenvalue weighted by atomic mass is 16.5. The first kappa shape index (κ1) is 17.1. The van der Waals surface area contributed by atoms with Gasteiger partial charge in [0.05, 0.1) is 12.6 Å². The fourth-order valence-corrected chi connectivity index (χ4v) is 2.65. The van der Waals surface area contributed by atoms with Crippen LogP contribution in [0.2, 0.25) is 0 Å². The van der Waals surface area contributed by atoms with Crippen LogP contribution in [0.25, 0.3) is 0 Å². The molecule has 116 valence electrons. The van der Waals surface area contributed by atoms with Crippen molar-refractivity contribution < 1.29 is 9.53 Å². The molecule has 1 aliphatic heterocycles. The zero-order valence-electron chi connectivity index (χ0n) is 13.1. The summed E-state index contributed by atoms with van der Waals surface area (Å²) in [6.07, 6.45) is 2.81. The van der Waals surface area contributed by atoms with Gasteiger partial charge in [-0.2, -0.15) is 0 Å². The van der Waals surface area contributed by atoms with Crippen molar-refractivity contribution in [2.45, 2.75) is 32.4 Å². The molecule has 0 aromatic heterocycles. The lowest BCUT2D eigenvalue weighted by molar-refractivity contribution is -0.127. The molecule has 5 nitrogen and oxygen atoms in total. The van der Waals surface area contributed by atoms with Crippen LogP contribution < -0.4 is 5.32 Å². The van der Waals surface area contributed by atoms with E-state index in [0.717, 1.165) is 39.2 Å². The van der Waals surface area contributed by atoms with Crippen LogP contribution in [0.15, 0.2) is 12.7 Å². The van der Waals surface area contributed by atoms with Crippen LogP contribution in [0.4, 0.5) is 0 Å². The molecule has 0 radical (unpaired) electrons. The van der Waals surface area contributed by atoms with Gasteiger partial charge in [0, 0.05) is 45.9 Å². The van der Waals surface area contributed by atoms with Crippen LogP contribution in [-0.4, -0.2) is 74.2 Å². The highest BCUT2D eigenvalue weighted by molar-refractivity contribution is 5.81. The molecule has 1 fully saturated rings. The molecule has 5 heteroatoms. The standard InChI is InChI=1S/C15H29N3O2/c1-5-7-16-15(19)13(3)18-9-8-17(10-11-20-4)14(6-2)12-18/h5,13-14H,1,6-12H2,2-4H3,(H,16,19). The summed E-state index contributed by atoms with van der Waals surface area (Å²) in [5, 5.41) is 2.88. The van der Waals surface area contributed by atoms with E-state index >= 15 is 0 Å². The predicted molar refractivity (Wildman–Crippen MR) is 81.8 cm³/mol. The minimum Gasteiger partial charge on any atom is -0.383 e. The van der Waals surface area contributed by atoms with E-state index in [4.69, 9.17) is 4.74 Å². The summed E-state index contributed by atoms with van der Waals surface area (Å²) >= 11 is 0. The molecule has 0 aliphatic carbocycles. The van der Waals surface area contributed by atoms with Gasteiger partial charge in [-0.15, -0.1) is 6.58 Å². The zero-order chi connectivity index (χ0) is 15.0. The van der Waals surface area contributed by atoms with Gasteiger partial charge in [0.15, 0.2) is 0 Å². The molecule has 0 spiro atoms. The second-order valence-electron chi connectivity index (χ2n) is 5.30. The molecule has 2 atom stereocenters. The van der Waals surface area contributed by atoms with Crippen LogP contribution in [-0.2, 0) is 9.53 Å². The van der Waals surface area contributed by atoms with E-state index in [0.29, 0.717) is 12.6 Å². The number of piperazine rings is 1. The fraction of sp³-hybridized carbons (Fsp3) is 0.800. The molecule has 1 N–H and O–H groups in total. The van der Waals surface area contributed by atoms with E-state index in [1.807, 2.05) is 6.92 Å². The first-order valence-corrected chi connectivity index (χ1v) is 7.49. The molecule has 1 heterocycles. The summed E-state index contributed by atoms with van der Waals surface area (Å²) < 4.78 is 5.17. The Bertz CT molecular complexity index is 309. The SMILES string of the molecule is C=CCNC(=O)C(C)N1CCN(CCOC)C(CC)C1. The van der Waals surface area contributed by atoms with Crippen molar-refractivity contribution >= 4 is 5.91 Å². The lowest BCUT2D eigenvalue weighted by Gasteiger charge is -2.43. The minimum atomic E-state index is -0.0754. The van der Waals surface area contributed by atoms with Crippen LogP contribution in [0.3, 0.4) is 0 Å². The Morgan fingerprint density at radius 2 is 2.30 bits per heavy atom. The number of amides is 1. The Morgan fingerprint density at radius 1 is 1.55 bits per heavy atom. The van der Waals surface area contributed by atoms with Gasteiger partial charge in [-0.25, -0.2) is 0 Å². The van der Waals surface area contributed by atoms with E-state index in [1.54, 1.807) is 13.2 Å². The van der Waals surface area contributed by atoms with Gasteiger partial charge >= 0.3 is 0 Å². The van der Waals surface area contributed by atoms with Gasteiger partial charge in [-0.1, -0.05) is 13.0 Å². The van der Waals surface area contributed by atoms with Crippen LogP contribution in [0, 0.1) is 0 Å². The second-order valence-corrected chi connectivity index (χ2v) is 5.30. The number of methoxy groups -OCH3 is 1. The fourth-order valence-electron chi connectivity index (χ4n) is 2.65. The quantitative estimate of drug-likeness (QED) is 0.667. The average molecular weight is 283 g/mol. The number of hydrogen-bond acceptors (Lipinski definition) is 4. The predicted octanol–water partition coefficient (Wildman–Crippen LogP) is 0.720. The summed E-state index contributed by atoms with van der Waals surface area (Å²) in [6.45, 7) is 13.0. The van der Waals surface area contributed by atoms with E-state index < -0.39 is 0 Å². The maximum absolute atomic E-state index is 12.0. The summed E-state index contributed by atoms with van der Waals surface area (Å²) in [5.41, 5.74) is 0. The molecule has 2 unspecified atom stereocenters. The average Bonchev–Trinajstić information content (AvgIpc) is 2.49. The molecular formula is C15H29N3O2. The van der Waals surface area contributed by atoms with Crippen molar-refractivity contribution in [2.24, 2.45) is 0 Å². The first-order valence-electron chi connectivity index (χ1n) is 7.49. The third kappa shape index (κ3) is 4.89. The Morgan fingerprint density at radius 3 is 2.90 bits per heavy atom. The molecular weight excluding hydrogens is 254 g/mol. The molecule has 1 amide bonds. The first-order chi connectivity index (χ1) is 9.63. The maximum atomic E-state index is 12.0. The molecule has 20 heavy (non-hydrogen) atoms. The van der Waals surface area contributed by atoms with Gasteiger partial charge in [0.2, 0.25) is 5.91 Å². The van der Waals surface area contributed by atoms with Gasteiger partial charge < -0.3 is 10.1 Å². The Labute approximate surface area is 122 Å². The van der Waals surface area contributed by atoms with E-state index in [2.05, 4.69) is 28.6 Å². The monoisotopic (exact) mass is 283 g/mol. The summed E-state index contributed by atoms with van der Waals surface area (Å²) in [6, 6.07) is 0.433. The summed E-state index contributed by atoms with van der Waals surface area (Å²) in [5.74, 6) is 0.0881. The number of carbonyl (C=O) groups excluding carboxylic acids is 1. The molecule has 0 bridgehead atoms. The number of rotatable bonds is 8. The van der Waals surface area contributed by atoms with E-state index in [-0.39, 0.29) is 11.9 Å². The third-order valence-electron chi connectivity index (χ3n) is 4.04. The van der Waals surface area contributed by atoms with Crippen LogP contribution >= 0.6 is 0 Å². The minimum absolute atomic E-state index is 0.0754. The number of carbonyl (C=O) groups is 1. The Balaban J connectivity index is 2.50. The number of hydrogen-bond donors (Lipinski definition) is 1. The van der Waals surface area contributed by atoms with Gasteiger partial charge in [-0.3, -0.25) is 14.6 Å². The molecule has 0 aromatic carbocycles. The van der Waals surface area contributed by atoms with Crippen molar-refractivity contribution in [3.63, 3.8) is 0 Å². The van der Waals surface area contributed by atoms with E-state index in [9.17, 15) is 4.79 Å². The van der Waals surface area contributed by atoms with Crippen molar-refractivity contribution in [1.82, 2.24) is 15.1 Å². The van der Waals surface area contributed by atoms with E-state index in [1.165, 1.54) is 0 Å². The normalized spacial score (nSPS) is 22.4. The highest BCUT2D eigenvalue weighted by Crippen LogP contribution is 2.15. The van der Waals surface area contributed by atoms with Crippen molar-refractivity contribution in [3.8, 4) is 0 Å². The second kappa shape index (κ2) is 9.10. The van der Waals surface area contributed by atoms with Crippen LogP contribution in [0.1, 0.15) is 20.3 Å². The number of ether oxygens (including phenoxy) is 1. The Kier molecular flexibility index (Phi) is 7.80. The molecule has 1 aliphatic rings. The topological polar surface area (TPSA) is 44.8 Å². The van der Waals surface area contributed by atoms with Crippen LogP contribution in [0.5, 0.6) is 0 Å². The lowest BCUT2D eigenvalue weighted by atomic mass is 10.1. The maximum Gasteiger partial charge on any atom is 0.237 e. The van der Waals surface area contributed by atoms with Crippen molar-refractivity contribution in [3.05, 3.63) is 12.7 Å². The van der Waals surface area contributed by atoms with Gasteiger partial charge in [0.1, 0.15) is 0 Å². The molecule has 0 saturated carbocycles. The molecule has 1 saturated heterocycles. The Hall–Kier alpha value is -0.910.